The summed E-state index contributed by atoms with van der Waals surface area (Å²) in [4.78, 5) is 28.0. The molecule has 2 aromatic rings. The first-order chi connectivity index (χ1) is 17.0. The molecule has 2 aromatic carbocycles. The Kier molecular flexibility index (Phi) is 6.68. The summed E-state index contributed by atoms with van der Waals surface area (Å²) in [5, 5.41) is 6.01. The number of piperidine rings is 1. The highest BCUT2D eigenvalue weighted by Gasteiger charge is 2.38. The second kappa shape index (κ2) is 10.0. The van der Waals surface area contributed by atoms with Gasteiger partial charge in [0, 0.05) is 12.0 Å². The first-order valence-electron chi connectivity index (χ1n) is 12.0. The highest BCUT2D eigenvalue weighted by atomic mass is 19.1. The summed E-state index contributed by atoms with van der Waals surface area (Å²) in [5.74, 6) is 0.306. The van der Waals surface area contributed by atoms with Crippen LogP contribution >= 0.6 is 0 Å². The Morgan fingerprint density at radius 1 is 1.14 bits per heavy atom. The van der Waals surface area contributed by atoms with Crippen LogP contribution in [-0.4, -0.2) is 60.0 Å². The fourth-order valence-electron chi connectivity index (χ4n) is 4.91. The molecule has 0 saturated carbocycles. The molecular formula is C26H28FN3O5. The standard InChI is InChI=1S/C26H28FN3O5/c1-2-33-26(32)21-9-5-6-12-29(21)15-25(31)30-22(17-10-11-23-24(13-17)35-16-34-23)14-20(28-30)18-7-3-4-8-19(18)27/h3-4,7-8,10-11,13,21-22H,2,5-6,9,12,14-16H2,1H3. The Bertz CT molecular complexity index is 1150. The molecule has 8 nitrogen and oxygen atoms in total. The van der Waals surface area contributed by atoms with Gasteiger partial charge in [0.1, 0.15) is 11.9 Å². The molecule has 1 fully saturated rings. The van der Waals surface area contributed by atoms with Crippen molar-refractivity contribution in [3.8, 4) is 11.5 Å². The van der Waals surface area contributed by atoms with Gasteiger partial charge in [-0.3, -0.25) is 14.5 Å². The number of rotatable bonds is 6. The molecule has 3 heterocycles. The van der Waals surface area contributed by atoms with Crippen molar-refractivity contribution in [1.29, 1.82) is 0 Å². The van der Waals surface area contributed by atoms with E-state index in [0.29, 0.717) is 48.8 Å². The third kappa shape index (κ3) is 4.73. The number of hydrazone groups is 1. The molecule has 9 heteroatoms. The molecule has 1 amide bonds. The van der Waals surface area contributed by atoms with Crippen molar-refractivity contribution in [2.75, 3.05) is 26.5 Å². The molecule has 0 N–H and O–H groups in total. The minimum absolute atomic E-state index is 0.0264. The maximum absolute atomic E-state index is 14.6. The number of esters is 1. The summed E-state index contributed by atoms with van der Waals surface area (Å²) in [6.07, 6.45) is 2.82. The average Bonchev–Trinajstić information content (AvgIpc) is 3.52. The summed E-state index contributed by atoms with van der Waals surface area (Å²) in [7, 11) is 0. The molecule has 35 heavy (non-hydrogen) atoms. The number of hydrogen-bond acceptors (Lipinski definition) is 7. The van der Waals surface area contributed by atoms with Crippen LogP contribution in [0.5, 0.6) is 11.5 Å². The molecule has 0 aromatic heterocycles. The van der Waals surface area contributed by atoms with Crippen molar-refractivity contribution >= 4 is 17.6 Å². The summed E-state index contributed by atoms with van der Waals surface area (Å²) >= 11 is 0. The van der Waals surface area contributed by atoms with Crippen LogP contribution < -0.4 is 9.47 Å². The molecule has 2 atom stereocenters. The van der Waals surface area contributed by atoms with E-state index in [-0.39, 0.29) is 31.0 Å². The van der Waals surface area contributed by atoms with Crippen molar-refractivity contribution in [3.05, 3.63) is 59.4 Å². The average molecular weight is 482 g/mol. The molecule has 2 unspecified atom stereocenters. The van der Waals surface area contributed by atoms with Gasteiger partial charge in [-0.1, -0.05) is 30.7 Å². The fourth-order valence-corrected chi connectivity index (χ4v) is 4.91. The van der Waals surface area contributed by atoms with Gasteiger partial charge < -0.3 is 14.2 Å². The number of carbonyl (C=O) groups excluding carboxylic acids is 2. The first kappa shape index (κ1) is 23.3. The van der Waals surface area contributed by atoms with E-state index in [2.05, 4.69) is 5.10 Å². The molecule has 3 aliphatic heterocycles. The van der Waals surface area contributed by atoms with E-state index in [1.807, 2.05) is 23.1 Å². The molecule has 184 valence electrons. The SMILES string of the molecule is CCOC(=O)C1CCCCN1CC(=O)N1N=C(c2ccccc2F)CC1c1ccc2c(c1)OCO2. The van der Waals surface area contributed by atoms with Gasteiger partial charge in [0.25, 0.3) is 5.91 Å². The maximum Gasteiger partial charge on any atom is 0.323 e. The number of fused-ring (bicyclic) bond motifs is 1. The molecular weight excluding hydrogens is 453 g/mol. The van der Waals surface area contributed by atoms with Crippen LogP contribution in [-0.2, 0) is 14.3 Å². The van der Waals surface area contributed by atoms with Gasteiger partial charge in [-0.25, -0.2) is 9.40 Å². The van der Waals surface area contributed by atoms with Gasteiger partial charge in [-0.05, 0) is 50.1 Å². The molecule has 0 radical (unpaired) electrons. The van der Waals surface area contributed by atoms with Crippen molar-refractivity contribution in [3.63, 3.8) is 0 Å². The lowest BCUT2D eigenvalue weighted by atomic mass is 9.97. The second-order valence-electron chi connectivity index (χ2n) is 8.83. The minimum Gasteiger partial charge on any atom is -0.465 e. The van der Waals surface area contributed by atoms with E-state index < -0.39 is 12.1 Å². The van der Waals surface area contributed by atoms with E-state index in [9.17, 15) is 14.0 Å². The van der Waals surface area contributed by atoms with Gasteiger partial charge in [-0.15, -0.1) is 0 Å². The lowest BCUT2D eigenvalue weighted by Gasteiger charge is -2.34. The monoisotopic (exact) mass is 481 g/mol. The number of benzene rings is 2. The van der Waals surface area contributed by atoms with Crippen LogP contribution in [0.25, 0.3) is 0 Å². The molecule has 0 spiro atoms. The number of halogens is 1. The number of hydrogen-bond donors (Lipinski definition) is 0. The highest BCUT2D eigenvalue weighted by Crippen LogP contribution is 2.39. The van der Waals surface area contributed by atoms with E-state index >= 15 is 0 Å². The second-order valence-corrected chi connectivity index (χ2v) is 8.83. The van der Waals surface area contributed by atoms with E-state index in [1.165, 1.54) is 11.1 Å². The maximum atomic E-state index is 14.6. The molecule has 0 bridgehead atoms. The van der Waals surface area contributed by atoms with Crippen molar-refractivity contribution < 1.29 is 28.2 Å². The zero-order valence-electron chi connectivity index (χ0n) is 19.6. The predicted molar refractivity (Wildman–Crippen MR) is 126 cm³/mol. The zero-order valence-corrected chi connectivity index (χ0v) is 19.6. The third-order valence-corrected chi connectivity index (χ3v) is 6.64. The molecule has 3 aliphatic rings. The molecule has 5 rings (SSSR count). The predicted octanol–water partition coefficient (Wildman–Crippen LogP) is 3.65. The summed E-state index contributed by atoms with van der Waals surface area (Å²) in [6, 6.07) is 11.1. The Balaban J connectivity index is 1.43. The summed E-state index contributed by atoms with van der Waals surface area (Å²) < 4.78 is 30.8. The summed E-state index contributed by atoms with van der Waals surface area (Å²) in [5.41, 5.74) is 1.69. The fraction of sp³-hybridized carbons (Fsp3) is 0.423. The number of likely N-dealkylation sites (tertiary alicyclic amines) is 1. The molecule has 1 saturated heterocycles. The normalized spacial score (nSPS) is 21.7. The molecule has 0 aliphatic carbocycles. The largest absolute Gasteiger partial charge is 0.465 e. The minimum atomic E-state index is -0.450. The smallest absolute Gasteiger partial charge is 0.323 e. The first-order valence-corrected chi connectivity index (χ1v) is 12.0. The number of amides is 1. The zero-order chi connectivity index (χ0) is 24.4. The van der Waals surface area contributed by atoms with Crippen molar-refractivity contribution in [2.45, 2.75) is 44.7 Å². The van der Waals surface area contributed by atoms with E-state index in [1.54, 1.807) is 25.1 Å². The van der Waals surface area contributed by atoms with Crippen LogP contribution in [0.4, 0.5) is 4.39 Å². The Hall–Kier alpha value is -3.46. The van der Waals surface area contributed by atoms with Crippen LogP contribution in [0.2, 0.25) is 0 Å². The quantitative estimate of drug-likeness (QED) is 0.586. The van der Waals surface area contributed by atoms with Crippen LogP contribution in [0, 0.1) is 5.82 Å². The van der Waals surface area contributed by atoms with E-state index in [0.717, 1.165) is 18.4 Å². The Morgan fingerprint density at radius 2 is 1.97 bits per heavy atom. The topological polar surface area (TPSA) is 80.7 Å². The highest BCUT2D eigenvalue weighted by molar-refractivity contribution is 6.03. The van der Waals surface area contributed by atoms with Gasteiger partial charge >= 0.3 is 5.97 Å². The summed E-state index contributed by atoms with van der Waals surface area (Å²) in [6.45, 7) is 2.87. The van der Waals surface area contributed by atoms with E-state index in [4.69, 9.17) is 14.2 Å². The van der Waals surface area contributed by atoms with Crippen molar-refractivity contribution in [2.24, 2.45) is 5.10 Å². The lowest BCUT2D eigenvalue weighted by molar-refractivity contribution is -0.152. The van der Waals surface area contributed by atoms with Gasteiger partial charge in [-0.2, -0.15) is 5.10 Å². The Morgan fingerprint density at radius 3 is 2.80 bits per heavy atom. The van der Waals surface area contributed by atoms with Crippen LogP contribution in [0.15, 0.2) is 47.6 Å². The van der Waals surface area contributed by atoms with Gasteiger partial charge in [0.2, 0.25) is 6.79 Å². The van der Waals surface area contributed by atoms with Gasteiger partial charge in [0.05, 0.1) is 24.9 Å². The van der Waals surface area contributed by atoms with Crippen LogP contribution in [0.1, 0.15) is 49.8 Å². The van der Waals surface area contributed by atoms with Crippen molar-refractivity contribution in [1.82, 2.24) is 9.91 Å². The van der Waals surface area contributed by atoms with Crippen LogP contribution in [0.3, 0.4) is 0 Å². The number of nitrogens with zero attached hydrogens (tertiary/aromatic N) is 3. The number of carbonyl (C=O) groups is 2. The Labute approximate surface area is 203 Å². The third-order valence-electron chi connectivity index (χ3n) is 6.64. The number of ether oxygens (including phenoxy) is 3. The lowest BCUT2D eigenvalue weighted by Crippen LogP contribution is -2.49. The van der Waals surface area contributed by atoms with Gasteiger partial charge in [0.15, 0.2) is 11.5 Å².